The van der Waals surface area contributed by atoms with Crippen LogP contribution in [0.4, 0.5) is 0 Å². The van der Waals surface area contributed by atoms with E-state index in [1.807, 2.05) is 0 Å². The summed E-state index contributed by atoms with van der Waals surface area (Å²) in [5, 5.41) is 66.5. The Balaban J connectivity index is 2.01. The number of aliphatic hydroxyl groups is 7. The Morgan fingerprint density at radius 3 is 2.14 bits per heavy atom. The van der Waals surface area contributed by atoms with E-state index in [2.05, 4.69) is 0 Å². The minimum Gasteiger partial charge on any atom is -0.394 e. The molecule has 0 spiro atoms. The van der Waals surface area contributed by atoms with Crippen molar-refractivity contribution in [3.05, 3.63) is 0 Å². The second-order valence-electron chi connectivity index (χ2n) is 5.08. The molecule has 0 bridgehead atoms. The van der Waals surface area contributed by atoms with Crippen molar-refractivity contribution in [1.82, 2.24) is 0 Å². The minimum absolute atomic E-state index is 0.283. The average molecular weight is 312 g/mol. The zero-order valence-corrected chi connectivity index (χ0v) is 11.0. The molecule has 0 radical (unpaired) electrons. The summed E-state index contributed by atoms with van der Waals surface area (Å²) < 4.78 is 15.1. The number of hydrogen-bond donors (Lipinski definition) is 7. The smallest absolute Gasteiger partial charge is 0.187 e. The molecule has 2 aliphatic heterocycles. The van der Waals surface area contributed by atoms with Crippen LogP contribution in [0.25, 0.3) is 0 Å². The van der Waals surface area contributed by atoms with Gasteiger partial charge in [0.25, 0.3) is 0 Å². The van der Waals surface area contributed by atoms with Crippen molar-refractivity contribution < 1.29 is 50.0 Å². The van der Waals surface area contributed by atoms with Crippen LogP contribution >= 0.6 is 0 Å². The molecule has 9 atom stereocenters. The molecule has 2 aliphatic rings. The molecule has 10 nitrogen and oxygen atoms in total. The van der Waals surface area contributed by atoms with E-state index in [-0.39, 0.29) is 6.61 Å². The first-order chi connectivity index (χ1) is 9.86. The summed E-state index contributed by atoms with van der Waals surface area (Å²) in [5.74, 6) is 0. The van der Waals surface area contributed by atoms with E-state index in [0.29, 0.717) is 0 Å². The normalized spacial score (nSPS) is 51.9. The molecule has 21 heavy (non-hydrogen) atoms. The van der Waals surface area contributed by atoms with Crippen LogP contribution in [0.3, 0.4) is 0 Å². The van der Waals surface area contributed by atoms with Gasteiger partial charge < -0.3 is 50.0 Å². The van der Waals surface area contributed by atoms with Gasteiger partial charge in [0.15, 0.2) is 12.6 Å². The predicted octanol–water partition coefficient (Wildman–Crippen LogP) is -4.76. The molecule has 0 aromatic rings. The van der Waals surface area contributed by atoms with Crippen LogP contribution in [-0.2, 0) is 14.2 Å². The lowest BCUT2D eigenvalue weighted by Gasteiger charge is -2.43. The summed E-state index contributed by atoms with van der Waals surface area (Å²) >= 11 is 0. The SMILES string of the molecule is OCC1O[C@@H](O[C@@H]2CO[C@@H](O)C(O)[C@H]2O)C(O)[C@@H](O)[C@H]1O. The van der Waals surface area contributed by atoms with Crippen LogP contribution in [0.15, 0.2) is 0 Å². The summed E-state index contributed by atoms with van der Waals surface area (Å²) in [4.78, 5) is 0. The first-order valence-corrected chi connectivity index (χ1v) is 6.48. The minimum atomic E-state index is -1.63. The lowest BCUT2D eigenvalue weighted by atomic mass is 9.99. The summed E-state index contributed by atoms with van der Waals surface area (Å²) in [6.07, 6.45) is -13.2. The monoisotopic (exact) mass is 312 g/mol. The van der Waals surface area contributed by atoms with Crippen LogP contribution in [0.5, 0.6) is 0 Å². The second-order valence-corrected chi connectivity index (χ2v) is 5.08. The molecule has 0 amide bonds. The van der Waals surface area contributed by atoms with Gasteiger partial charge >= 0.3 is 0 Å². The lowest BCUT2D eigenvalue weighted by Crippen LogP contribution is -2.62. The van der Waals surface area contributed by atoms with Crippen LogP contribution in [0.2, 0.25) is 0 Å². The Labute approximate surface area is 119 Å². The molecule has 7 N–H and O–H groups in total. The van der Waals surface area contributed by atoms with Crippen molar-refractivity contribution >= 4 is 0 Å². The van der Waals surface area contributed by atoms with E-state index in [0.717, 1.165) is 0 Å². The molecule has 10 heteroatoms. The van der Waals surface area contributed by atoms with Crippen molar-refractivity contribution in [3.8, 4) is 0 Å². The van der Waals surface area contributed by atoms with Gasteiger partial charge in [-0.25, -0.2) is 0 Å². The van der Waals surface area contributed by atoms with Crippen LogP contribution < -0.4 is 0 Å². The van der Waals surface area contributed by atoms with Gasteiger partial charge in [0.1, 0.15) is 42.7 Å². The number of hydrogen-bond acceptors (Lipinski definition) is 10. The zero-order chi connectivity index (χ0) is 15.7. The molecule has 2 rings (SSSR count). The Morgan fingerprint density at radius 2 is 1.52 bits per heavy atom. The standard InChI is InChI=1S/C11H20O10/c12-1-3-5(13)7(15)9(17)11(20-3)21-4-2-19-10(18)8(16)6(4)14/h3-18H,1-2H2/t3?,4-,5+,6+,7+,8?,9?,10-,11+/m1/s1. The van der Waals surface area contributed by atoms with Crippen LogP contribution in [-0.4, -0.2) is 104 Å². The van der Waals surface area contributed by atoms with Crippen molar-refractivity contribution in [2.24, 2.45) is 0 Å². The van der Waals surface area contributed by atoms with Crippen LogP contribution in [0, 0.1) is 0 Å². The Morgan fingerprint density at radius 1 is 0.857 bits per heavy atom. The number of rotatable bonds is 3. The van der Waals surface area contributed by atoms with Crippen molar-refractivity contribution in [3.63, 3.8) is 0 Å². The van der Waals surface area contributed by atoms with E-state index in [1.165, 1.54) is 0 Å². The highest BCUT2D eigenvalue weighted by Crippen LogP contribution is 2.25. The Kier molecular flexibility index (Phi) is 5.48. The van der Waals surface area contributed by atoms with Gasteiger partial charge in [-0.2, -0.15) is 0 Å². The molecule has 0 aromatic heterocycles. The molecule has 0 aromatic carbocycles. The molecular formula is C11H20O10. The summed E-state index contributed by atoms with van der Waals surface area (Å²) in [5.41, 5.74) is 0. The molecular weight excluding hydrogens is 292 g/mol. The van der Waals surface area contributed by atoms with Crippen molar-refractivity contribution in [2.75, 3.05) is 13.2 Å². The second kappa shape index (κ2) is 6.79. The third-order valence-corrected chi connectivity index (χ3v) is 3.61. The van der Waals surface area contributed by atoms with E-state index in [9.17, 15) is 30.6 Å². The highest BCUT2D eigenvalue weighted by Gasteiger charge is 2.47. The van der Waals surface area contributed by atoms with Crippen LogP contribution in [0.1, 0.15) is 0 Å². The summed E-state index contributed by atoms with van der Waals surface area (Å²) in [6, 6.07) is 0. The Hall–Kier alpha value is -0.400. The molecule has 0 saturated carbocycles. The van der Waals surface area contributed by atoms with Gasteiger partial charge in [0.05, 0.1) is 13.2 Å². The largest absolute Gasteiger partial charge is 0.394 e. The van der Waals surface area contributed by atoms with Gasteiger partial charge in [-0.3, -0.25) is 0 Å². The molecule has 2 heterocycles. The van der Waals surface area contributed by atoms with E-state index in [4.69, 9.17) is 19.3 Å². The van der Waals surface area contributed by atoms with Gasteiger partial charge in [-0.15, -0.1) is 0 Å². The molecule has 0 aliphatic carbocycles. The first-order valence-electron chi connectivity index (χ1n) is 6.48. The maximum absolute atomic E-state index is 9.78. The highest BCUT2D eigenvalue weighted by atomic mass is 16.7. The summed E-state index contributed by atoms with van der Waals surface area (Å²) in [7, 11) is 0. The fourth-order valence-electron chi connectivity index (χ4n) is 2.25. The maximum Gasteiger partial charge on any atom is 0.187 e. The highest BCUT2D eigenvalue weighted by molar-refractivity contribution is 4.91. The molecule has 2 saturated heterocycles. The fraction of sp³-hybridized carbons (Fsp3) is 1.00. The van der Waals surface area contributed by atoms with E-state index in [1.54, 1.807) is 0 Å². The first kappa shape index (κ1) is 17.0. The average Bonchev–Trinajstić information content (AvgIpc) is 2.48. The Bertz CT molecular complexity index is 339. The van der Waals surface area contributed by atoms with Gasteiger partial charge in [-0.05, 0) is 0 Å². The third-order valence-electron chi connectivity index (χ3n) is 3.61. The zero-order valence-electron chi connectivity index (χ0n) is 11.0. The lowest BCUT2D eigenvalue weighted by molar-refractivity contribution is -0.340. The maximum atomic E-state index is 9.78. The van der Waals surface area contributed by atoms with Gasteiger partial charge in [-0.1, -0.05) is 0 Å². The quantitative estimate of drug-likeness (QED) is 0.268. The fourth-order valence-corrected chi connectivity index (χ4v) is 2.25. The van der Waals surface area contributed by atoms with Gasteiger partial charge in [0, 0.05) is 0 Å². The third kappa shape index (κ3) is 3.35. The summed E-state index contributed by atoms with van der Waals surface area (Å²) in [6.45, 7) is -0.899. The molecule has 124 valence electrons. The number of ether oxygens (including phenoxy) is 3. The van der Waals surface area contributed by atoms with Gasteiger partial charge in [0.2, 0.25) is 0 Å². The van der Waals surface area contributed by atoms with E-state index >= 15 is 0 Å². The molecule has 3 unspecified atom stereocenters. The van der Waals surface area contributed by atoms with Crippen molar-refractivity contribution in [1.29, 1.82) is 0 Å². The predicted molar refractivity (Wildman–Crippen MR) is 62.6 cm³/mol. The molecule has 2 fully saturated rings. The van der Waals surface area contributed by atoms with E-state index < -0.39 is 61.9 Å². The van der Waals surface area contributed by atoms with Crippen molar-refractivity contribution in [2.45, 2.75) is 55.3 Å². The topological polar surface area (TPSA) is 169 Å². The number of aliphatic hydroxyl groups excluding tert-OH is 7.